The van der Waals surface area contributed by atoms with Crippen molar-refractivity contribution >= 4 is 17.8 Å². The Balaban J connectivity index is 2.27. The number of nitrogens with two attached hydrogens (primary N) is 1. The highest BCUT2D eigenvalue weighted by Crippen LogP contribution is 2.29. The number of H-pyrrole nitrogens is 1. The Kier molecular flexibility index (Phi) is 3.77. The Bertz CT molecular complexity index is 1020. The number of carboxylic acid groups (broad SMARTS) is 2. The fourth-order valence-corrected chi connectivity index (χ4v) is 2.46. The first kappa shape index (κ1) is 15.9. The van der Waals surface area contributed by atoms with Crippen molar-refractivity contribution in [3.8, 4) is 16.8 Å². The number of nitrogens with one attached hydrogen (secondary N) is 1. The van der Waals surface area contributed by atoms with Gasteiger partial charge in [-0.3, -0.25) is 4.79 Å². The third kappa shape index (κ3) is 2.72. The minimum atomic E-state index is -1.56. The Hall–Kier alpha value is -3.95. The van der Waals surface area contributed by atoms with Crippen molar-refractivity contribution in [2.75, 3.05) is 5.73 Å². The summed E-state index contributed by atoms with van der Waals surface area (Å²) in [5.74, 6) is -3.43. The summed E-state index contributed by atoms with van der Waals surface area (Å²) in [6, 6.07) is 6.12. The number of nitrogens with zero attached hydrogens (tertiary/aromatic N) is 3. The van der Waals surface area contributed by atoms with Crippen molar-refractivity contribution in [1.29, 1.82) is 0 Å². The molecule has 0 unspecified atom stereocenters. The van der Waals surface area contributed by atoms with E-state index >= 15 is 0 Å². The second kappa shape index (κ2) is 5.92. The van der Waals surface area contributed by atoms with Gasteiger partial charge in [-0.1, -0.05) is 17.3 Å². The lowest BCUT2D eigenvalue weighted by Gasteiger charge is -2.12. The summed E-state index contributed by atoms with van der Waals surface area (Å²) >= 11 is 0. The van der Waals surface area contributed by atoms with Crippen LogP contribution in [-0.4, -0.2) is 42.1 Å². The Morgan fingerprint density at radius 1 is 1.08 bits per heavy atom. The van der Waals surface area contributed by atoms with E-state index in [2.05, 4.69) is 15.3 Å². The van der Waals surface area contributed by atoms with E-state index in [-0.39, 0.29) is 11.1 Å². The largest absolute Gasteiger partial charge is 0.478 e. The molecule has 25 heavy (non-hydrogen) atoms. The van der Waals surface area contributed by atoms with Gasteiger partial charge in [-0.25, -0.2) is 14.3 Å². The highest BCUT2D eigenvalue weighted by atomic mass is 16.4. The van der Waals surface area contributed by atoms with Crippen LogP contribution in [0.1, 0.15) is 20.7 Å². The van der Waals surface area contributed by atoms with Gasteiger partial charge in [0.25, 0.3) is 5.56 Å². The number of aromatic nitrogens is 4. The standard InChI is InChI=1S/C15H11N5O5/c16-12-10(14(22)23)9(11(15(24)25)13(21)18-12)7-1-3-8(4-2-7)20-6-5-17-19-20/h1-6H,(H,22,23)(H,24,25)(H3,16,18,21). The lowest BCUT2D eigenvalue weighted by molar-refractivity contribution is 0.0695. The van der Waals surface area contributed by atoms with Crippen LogP contribution >= 0.6 is 0 Å². The number of aromatic amines is 1. The monoisotopic (exact) mass is 341 g/mol. The van der Waals surface area contributed by atoms with Gasteiger partial charge in [0.2, 0.25) is 0 Å². The van der Waals surface area contributed by atoms with Gasteiger partial charge in [0, 0.05) is 5.56 Å². The van der Waals surface area contributed by atoms with Crippen LogP contribution in [0.2, 0.25) is 0 Å². The molecule has 0 fully saturated rings. The van der Waals surface area contributed by atoms with Crippen LogP contribution in [0.15, 0.2) is 41.5 Å². The predicted octanol–water partition coefficient (Wildman–Crippen LogP) is 0.601. The zero-order chi connectivity index (χ0) is 18.1. The van der Waals surface area contributed by atoms with Crippen molar-refractivity contribution in [2.24, 2.45) is 0 Å². The molecule has 0 radical (unpaired) electrons. The molecule has 0 amide bonds. The fraction of sp³-hybridized carbons (Fsp3) is 0. The zero-order valence-corrected chi connectivity index (χ0v) is 12.5. The summed E-state index contributed by atoms with van der Waals surface area (Å²) in [6.07, 6.45) is 3.09. The maximum atomic E-state index is 12.0. The summed E-state index contributed by atoms with van der Waals surface area (Å²) in [6.45, 7) is 0. The zero-order valence-electron chi connectivity index (χ0n) is 12.5. The Labute approximate surface area is 139 Å². The quantitative estimate of drug-likeness (QED) is 0.535. The van der Waals surface area contributed by atoms with Crippen LogP contribution in [-0.2, 0) is 0 Å². The SMILES string of the molecule is Nc1[nH]c(=O)c(C(=O)O)c(-c2ccc(-n3ccnn3)cc2)c1C(=O)O. The van der Waals surface area contributed by atoms with Crippen molar-refractivity contribution in [3.05, 3.63) is 58.1 Å². The third-order valence-electron chi connectivity index (χ3n) is 3.52. The van der Waals surface area contributed by atoms with Gasteiger partial charge in [0.05, 0.1) is 18.1 Å². The van der Waals surface area contributed by atoms with Gasteiger partial charge in [-0.2, -0.15) is 0 Å². The van der Waals surface area contributed by atoms with E-state index in [1.165, 1.54) is 23.0 Å². The lowest BCUT2D eigenvalue weighted by Crippen LogP contribution is -2.24. The highest BCUT2D eigenvalue weighted by molar-refractivity contribution is 6.07. The molecular formula is C15H11N5O5. The summed E-state index contributed by atoms with van der Waals surface area (Å²) in [7, 11) is 0. The minimum Gasteiger partial charge on any atom is -0.478 e. The molecule has 2 aromatic heterocycles. The van der Waals surface area contributed by atoms with Crippen LogP contribution in [0.5, 0.6) is 0 Å². The average Bonchev–Trinajstić information content (AvgIpc) is 3.07. The second-order valence-corrected chi connectivity index (χ2v) is 5.00. The van der Waals surface area contributed by atoms with Gasteiger partial charge >= 0.3 is 11.9 Å². The van der Waals surface area contributed by atoms with E-state index < -0.39 is 34.4 Å². The molecule has 126 valence electrons. The number of aromatic carboxylic acids is 2. The number of benzene rings is 1. The van der Waals surface area contributed by atoms with Crippen molar-refractivity contribution < 1.29 is 19.8 Å². The molecule has 0 saturated carbocycles. The normalized spacial score (nSPS) is 10.6. The summed E-state index contributed by atoms with van der Waals surface area (Å²) in [5, 5.41) is 26.2. The summed E-state index contributed by atoms with van der Waals surface area (Å²) in [4.78, 5) is 37.0. The van der Waals surface area contributed by atoms with E-state index in [4.69, 9.17) is 5.73 Å². The minimum absolute atomic E-state index is 0.219. The first-order chi connectivity index (χ1) is 11.9. The van der Waals surface area contributed by atoms with E-state index in [9.17, 15) is 24.6 Å². The number of carbonyl (C=O) groups is 2. The van der Waals surface area contributed by atoms with Gasteiger partial charge < -0.3 is 20.9 Å². The third-order valence-corrected chi connectivity index (χ3v) is 3.52. The summed E-state index contributed by atoms with van der Waals surface area (Å²) < 4.78 is 1.46. The molecule has 0 spiro atoms. The molecule has 3 rings (SSSR count). The molecule has 0 bridgehead atoms. The van der Waals surface area contributed by atoms with Crippen LogP contribution in [0.3, 0.4) is 0 Å². The molecular weight excluding hydrogens is 330 g/mol. The van der Waals surface area contributed by atoms with E-state index in [1.807, 2.05) is 0 Å². The molecule has 3 aromatic rings. The van der Waals surface area contributed by atoms with Crippen LogP contribution in [0.4, 0.5) is 5.82 Å². The van der Waals surface area contributed by atoms with Crippen molar-refractivity contribution in [2.45, 2.75) is 0 Å². The number of anilines is 1. The van der Waals surface area contributed by atoms with E-state index in [0.29, 0.717) is 5.69 Å². The molecule has 2 heterocycles. The fourth-order valence-electron chi connectivity index (χ4n) is 2.46. The average molecular weight is 341 g/mol. The van der Waals surface area contributed by atoms with Crippen LogP contribution in [0.25, 0.3) is 16.8 Å². The Morgan fingerprint density at radius 2 is 1.72 bits per heavy atom. The molecule has 0 atom stereocenters. The number of rotatable bonds is 4. The number of hydrogen-bond acceptors (Lipinski definition) is 6. The van der Waals surface area contributed by atoms with Crippen LogP contribution in [0, 0.1) is 0 Å². The number of nitrogen functional groups attached to an aromatic ring is 1. The first-order valence-electron chi connectivity index (χ1n) is 6.89. The maximum Gasteiger partial charge on any atom is 0.342 e. The molecule has 0 aliphatic heterocycles. The molecule has 0 aliphatic rings. The first-order valence-corrected chi connectivity index (χ1v) is 6.89. The number of hydrogen-bond donors (Lipinski definition) is 4. The topological polar surface area (TPSA) is 164 Å². The maximum absolute atomic E-state index is 12.0. The number of carboxylic acids is 2. The van der Waals surface area contributed by atoms with Gasteiger partial charge in [0.1, 0.15) is 16.9 Å². The molecule has 1 aromatic carbocycles. The lowest BCUT2D eigenvalue weighted by atomic mass is 9.95. The number of pyridine rings is 1. The molecule has 0 aliphatic carbocycles. The molecule has 10 heteroatoms. The van der Waals surface area contributed by atoms with Gasteiger partial charge in [-0.05, 0) is 17.7 Å². The predicted molar refractivity (Wildman–Crippen MR) is 85.7 cm³/mol. The summed E-state index contributed by atoms with van der Waals surface area (Å²) in [5.41, 5.74) is 4.01. The molecule has 10 nitrogen and oxygen atoms in total. The van der Waals surface area contributed by atoms with Crippen molar-refractivity contribution in [1.82, 2.24) is 20.0 Å². The molecule has 5 N–H and O–H groups in total. The Morgan fingerprint density at radius 3 is 2.24 bits per heavy atom. The molecule has 0 saturated heterocycles. The second-order valence-electron chi connectivity index (χ2n) is 5.00. The van der Waals surface area contributed by atoms with Crippen LogP contribution < -0.4 is 11.3 Å². The van der Waals surface area contributed by atoms with Gasteiger partial charge in [0.15, 0.2) is 0 Å². The van der Waals surface area contributed by atoms with E-state index in [0.717, 1.165) is 0 Å². The van der Waals surface area contributed by atoms with E-state index in [1.54, 1.807) is 18.3 Å². The highest BCUT2D eigenvalue weighted by Gasteiger charge is 2.26. The smallest absolute Gasteiger partial charge is 0.342 e. The van der Waals surface area contributed by atoms with Gasteiger partial charge in [-0.15, -0.1) is 5.10 Å². The van der Waals surface area contributed by atoms with Crippen molar-refractivity contribution in [3.63, 3.8) is 0 Å².